The van der Waals surface area contributed by atoms with Crippen LogP contribution in [-0.4, -0.2) is 53.8 Å². The van der Waals surface area contributed by atoms with Crippen molar-refractivity contribution in [3.63, 3.8) is 0 Å². The molecule has 6 nitrogen and oxygen atoms in total. The molecule has 4 rings (SSSR count). The van der Waals surface area contributed by atoms with E-state index in [-0.39, 0.29) is 17.2 Å². The lowest BCUT2D eigenvalue weighted by molar-refractivity contribution is -0.159. The fourth-order valence-corrected chi connectivity index (χ4v) is 4.66. The summed E-state index contributed by atoms with van der Waals surface area (Å²) in [6.45, 7) is 3.84. The van der Waals surface area contributed by atoms with E-state index in [1.165, 1.54) is 6.92 Å². The molecule has 33 heavy (non-hydrogen) atoms. The Morgan fingerprint density at radius 1 is 0.879 bits per heavy atom. The van der Waals surface area contributed by atoms with Crippen LogP contribution in [0.3, 0.4) is 0 Å². The summed E-state index contributed by atoms with van der Waals surface area (Å²) < 4.78 is 5.40. The summed E-state index contributed by atoms with van der Waals surface area (Å²) in [5.74, 6) is 4.87. The van der Waals surface area contributed by atoms with Crippen LogP contribution < -0.4 is 0 Å². The minimum absolute atomic E-state index is 0.00321. The molecule has 170 valence electrons. The van der Waals surface area contributed by atoms with Crippen LogP contribution in [0.2, 0.25) is 0 Å². The van der Waals surface area contributed by atoms with Crippen molar-refractivity contribution in [2.45, 2.75) is 32.3 Å². The van der Waals surface area contributed by atoms with Crippen molar-refractivity contribution in [2.24, 2.45) is 5.41 Å². The zero-order valence-electron chi connectivity index (χ0n) is 18.8. The van der Waals surface area contributed by atoms with Gasteiger partial charge in [0.15, 0.2) is 0 Å². The van der Waals surface area contributed by atoms with Gasteiger partial charge in [-0.3, -0.25) is 14.4 Å². The molecular formula is C27H28N2O4. The normalized spacial score (nSPS) is 17.7. The molecular weight excluding hydrogens is 416 g/mol. The van der Waals surface area contributed by atoms with Crippen LogP contribution in [0.15, 0.2) is 60.7 Å². The fraction of sp³-hybridized carbons (Fsp3) is 0.370. The summed E-state index contributed by atoms with van der Waals surface area (Å²) in [6.07, 6.45) is 1.63. The highest BCUT2D eigenvalue weighted by Gasteiger charge is 2.44. The topological polar surface area (TPSA) is 66.9 Å². The molecule has 2 aliphatic rings. The lowest BCUT2D eigenvalue weighted by atomic mass is 9.78. The summed E-state index contributed by atoms with van der Waals surface area (Å²) in [5, 5.41) is 0. The Morgan fingerprint density at radius 2 is 1.45 bits per heavy atom. The Kier molecular flexibility index (Phi) is 6.79. The standard InChI is InChI=1S/C27H28N2O4/c1-21(30)33-25(23-10-6-3-7-11-23)26(32)29-19-16-27(20-29)14-17-28(18-15-27)24(31)13-12-22-8-4-2-5-9-22/h2-11,25H,14-20H2,1H3. The van der Waals surface area contributed by atoms with Gasteiger partial charge in [0.05, 0.1) is 0 Å². The lowest BCUT2D eigenvalue weighted by Gasteiger charge is -2.38. The monoisotopic (exact) mass is 444 g/mol. The van der Waals surface area contributed by atoms with Crippen molar-refractivity contribution >= 4 is 17.8 Å². The number of rotatable bonds is 3. The molecule has 2 aromatic carbocycles. The van der Waals surface area contributed by atoms with Crippen molar-refractivity contribution in [3.05, 3.63) is 71.8 Å². The number of hydrogen-bond donors (Lipinski definition) is 0. The number of ether oxygens (including phenoxy) is 1. The van der Waals surface area contributed by atoms with Crippen molar-refractivity contribution in [2.75, 3.05) is 26.2 Å². The molecule has 0 saturated carbocycles. The molecule has 1 unspecified atom stereocenters. The van der Waals surface area contributed by atoms with Crippen molar-refractivity contribution in [1.82, 2.24) is 9.80 Å². The molecule has 2 amide bonds. The van der Waals surface area contributed by atoms with Gasteiger partial charge in [0.25, 0.3) is 11.8 Å². The van der Waals surface area contributed by atoms with Crippen LogP contribution in [0.4, 0.5) is 0 Å². The number of carbonyl (C=O) groups is 3. The number of esters is 1. The predicted molar refractivity (Wildman–Crippen MR) is 124 cm³/mol. The first-order valence-corrected chi connectivity index (χ1v) is 11.3. The van der Waals surface area contributed by atoms with Gasteiger partial charge >= 0.3 is 5.97 Å². The van der Waals surface area contributed by atoms with Gasteiger partial charge in [-0.1, -0.05) is 54.5 Å². The number of likely N-dealkylation sites (tertiary alicyclic amines) is 2. The van der Waals surface area contributed by atoms with Gasteiger partial charge in [0.2, 0.25) is 6.10 Å². The lowest BCUT2D eigenvalue weighted by Crippen LogP contribution is -2.44. The summed E-state index contributed by atoms with van der Waals surface area (Å²) >= 11 is 0. The Bertz CT molecular complexity index is 1060. The maximum absolute atomic E-state index is 13.3. The van der Waals surface area contributed by atoms with Gasteiger partial charge in [-0.2, -0.15) is 0 Å². The molecule has 0 aromatic heterocycles. The van der Waals surface area contributed by atoms with Crippen molar-refractivity contribution in [3.8, 4) is 11.8 Å². The zero-order chi connectivity index (χ0) is 23.3. The fourth-order valence-electron chi connectivity index (χ4n) is 4.66. The third-order valence-corrected chi connectivity index (χ3v) is 6.56. The van der Waals surface area contributed by atoms with Crippen LogP contribution in [-0.2, 0) is 19.1 Å². The molecule has 2 saturated heterocycles. The summed E-state index contributed by atoms with van der Waals surface area (Å²) in [7, 11) is 0. The zero-order valence-corrected chi connectivity index (χ0v) is 18.8. The Morgan fingerprint density at radius 3 is 2.06 bits per heavy atom. The number of benzene rings is 2. The van der Waals surface area contributed by atoms with E-state index in [0.29, 0.717) is 31.7 Å². The second kappa shape index (κ2) is 9.91. The Hall–Kier alpha value is -3.59. The van der Waals surface area contributed by atoms with E-state index in [1.54, 1.807) is 17.0 Å². The third-order valence-electron chi connectivity index (χ3n) is 6.56. The van der Waals surface area contributed by atoms with E-state index >= 15 is 0 Å². The number of carbonyl (C=O) groups excluding carboxylic acids is 3. The number of amides is 2. The van der Waals surface area contributed by atoms with Gasteiger partial charge in [0, 0.05) is 50.2 Å². The second-order valence-corrected chi connectivity index (χ2v) is 8.82. The molecule has 2 heterocycles. The van der Waals surface area contributed by atoms with Crippen molar-refractivity contribution in [1.29, 1.82) is 0 Å². The predicted octanol–water partition coefficient (Wildman–Crippen LogP) is 3.18. The van der Waals surface area contributed by atoms with E-state index in [2.05, 4.69) is 11.8 Å². The molecule has 6 heteroatoms. The quantitative estimate of drug-likeness (QED) is 0.539. The molecule has 1 atom stereocenters. The molecule has 2 aromatic rings. The SMILES string of the molecule is CC(=O)OC(C(=O)N1CCC2(CCN(C(=O)C#Cc3ccccc3)CC2)C1)c1ccccc1. The van der Waals surface area contributed by atoms with Crippen LogP contribution in [0, 0.1) is 17.3 Å². The summed E-state index contributed by atoms with van der Waals surface area (Å²) in [4.78, 5) is 41.1. The number of nitrogens with zero attached hydrogens (tertiary/aromatic N) is 2. The molecule has 0 radical (unpaired) electrons. The van der Waals surface area contributed by atoms with Crippen LogP contribution >= 0.6 is 0 Å². The molecule has 0 aliphatic carbocycles. The largest absolute Gasteiger partial charge is 0.447 e. The van der Waals surface area contributed by atoms with Gasteiger partial charge in [-0.15, -0.1) is 0 Å². The minimum atomic E-state index is -0.922. The number of piperidine rings is 1. The Labute approximate surface area is 194 Å². The molecule has 0 bridgehead atoms. The highest BCUT2D eigenvalue weighted by atomic mass is 16.5. The van der Waals surface area contributed by atoms with Crippen molar-refractivity contribution < 1.29 is 19.1 Å². The molecule has 2 aliphatic heterocycles. The van der Waals surface area contributed by atoms with Gasteiger partial charge in [-0.05, 0) is 36.8 Å². The first-order valence-electron chi connectivity index (χ1n) is 11.3. The van der Waals surface area contributed by atoms with Crippen LogP contribution in [0.25, 0.3) is 0 Å². The highest BCUT2D eigenvalue weighted by Crippen LogP contribution is 2.41. The average Bonchev–Trinajstić information content (AvgIpc) is 3.25. The molecule has 0 N–H and O–H groups in total. The molecule has 2 fully saturated rings. The third kappa shape index (κ3) is 5.43. The van der Waals surface area contributed by atoms with E-state index in [0.717, 1.165) is 24.8 Å². The number of hydrogen-bond acceptors (Lipinski definition) is 4. The smallest absolute Gasteiger partial charge is 0.303 e. The Balaban J connectivity index is 1.36. The summed E-state index contributed by atoms with van der Waals surface area (Å²) in [6, 6.07) is 18.6. The van der Waals surface area contributed by atoms with Crippen LogP contribution in [0.5, 0.6) is 0 Å². The van der Waals surface area contributed by atoms with E-state index in [1.807, 2.05) is 53.4 Å². The van der Waals surface area contributed by atoms with Gasteiger partial charge in [-0.25, -0.2) is 0 Å². The summed E-state index contributed by atoms with van der Waals surface area (Å²) in [5.41, 5.74) is 1.50. The first kappa shape index (κ1) is 22.6. The maximum atomic E-state index is 13.3. The minimum Gasteiger partial charge on any atom is -0.447 e. The second-order valence-electron chi connectivity index (χ2n) is 8.82. The van der Waals surface area contributed by atoms with E-state index in [9.17, 15) is 14.4 Å². The molecule has 1 spiro atoms. The maximum Gasteiger partial charge on any atom is 0.303 e. The van der Waals surface area contributed by atoms with E-state index in [4.69, 9.17) is 4.74 Å². The highest BCUT2D eigenvalue weighted by molar-refractivity contribution is 5.94. The van der Waals surface area contributed by atoms with E-state index < -0.39 is 12.1 Å². The first-order chi connectivity index (χ1) is 16.0. The van der Waals surface area contributed by atoms with Crippen LogP contribution in [0.1, 0.15) is 43.4 Å². The van der Waals surface area contributed by atoms with Gasteiger partial charge in [0.1, 0.15) is 0 Å². The van der Waals surface area contributed by atoms with Gasteiger partial charge < -0.3 is 14.5 Å². The average molecular weight is 445 g/mol.